The van der Waals surface area contributed by atoms with Crippen LogP contribution in [-0.2, 0) is 16.1 Å². The predicted octanol–water partition coefficient (Wildman–Crippen LogP) is 4.31. The first-order valence-electron chi connectivity index (χ1n) is 12.6. The van der Waals surface area contributed by atoms with Crippen LogP contribution in [0.1, 0.15) is 51.7 Å². The molecule has 3 aromatic rings. The minimum Gasteiger partial charge on any atom is -0.490 e. The summed E-state index contributed by atoms with van der Waals surface area (Å²) in [5.41, 5.74) is 2.71. The Hall–Kier alpha value is -3.65. The van der Waals surface area contributed by atoms with E-state index in [0.29, 0.717) is 51.7 Å². The number of carbonyl (C=O) groups is 1. The number of ether oxygens (including phenoxy) is 3. The highest BCUT2D eigenvalue weighted by Crippen LogP contribution is 2.30. The molecule has 194 valence electrons. The Morgan fingerprint density at radius 1 is 1.05 bits per heavy atom. The van der Waals surface area contributed by atoms with Gasteiger partial charge in [-0.25, -0.2) is 9.79 Å². The topological polar surface area (TPSA) is 79.1 Å². The van der Waals surface area contributed by atoms with Crippen molar-refractivity contribution < 1.29 is 19.0 Å². The maximum atomic E-state index is 13.4. The molecule has 0 spiro atoms. The number of hydrogen-bond donors (Lipinski definition) is 0. The van der Waals surface area contributed by atoms with Gasteiger partial charge in [0.05, 0.1) is 29.4 Å². The number of thiazole rings is 1. The fraction of sp³-hybridized carbons (Fsp3) is 0.345. The molecule has 0 unspecified atom stereocenters. The lowest BCUT2D eigenvalue weighted by molar-refractivity contribution is -0.138. The van der Waals surface area contributed by atoms with Gasteiger partial charge in [0.2, 0.25) is 0 Å². The fourth-order valence-corrected chi connectivity index (χ4v) is 5.34. The molecule has 8 heteroatoms. The molecule has 0 aliphatic carbocycles. The molecule has 1 aromatic heterocycles. The van der Waals surface area contributed by atoms with Crippen LogP contribution >= 0.6 is 11.3 Å². The predicted molar refractivity (Wildman–Crippen MR) is 146 cm³/mol. The first-order valence-corrected chi connectivity index (χ1v) is 13.4. The Morgan fingerprint density at radius 2 is 1.84 bits per heavy atom. The normalized spacial score (nSPS) is 15.2. The molecule has 1 aliphatic rings. The molecular formula is C29H32N2O5S. The number of rotatable bonds is 10. The summed E-state index contributed by atoms with van der Waals surface area (Å²) in [5.74, 6) is 0.839. The van der Waals surface area contributed by atoms with Gasteiger partial charge in [0, 0.05) is 5.70 Å². The van der Waals surface area contributed by atoms with Crippen molar-refractivity contribution in [1.82, 2.24) is 4.57 Å². The SMILES string of the molecule is CCC[C@@H]1N=c2s/c(=C\c3ccc(OCc4ccccc4)c(OCC)c3)c(=O)n2C(C)=C1C(=O)OCC. The number of hydrogen-bond acceptors (Lipinski definition) is 7. The summed E-state index contributed by atoms with van der Waals surface area (Å²) in [7, 11) is 0. The molecule has 4 rings (SSSR count). The van der Waals surface area contributed by atoms with Crippen molar-refractivity contribution in [3.05, 3.63) is 84.9 Å². The molecule has 37 heavy (non-hydrogen) atoms. The van der Waals surface area contributed by atoms with E-state index in [9.17, 15) is 9.59 Å². The van der Waals surface area contributed by atoms with E-state index in [4.69, 9.17) is 19.2 Å². The summed E-state index contributed by atoms with van der Waals surface area (Å²) in [5, 5.41) is 0. The second-order valence-corrected chi connectivity index (χ2v) is 9.61. The summed E-state index contributed by atoms with van der Waals surface area (Å²) in [6, 6.07) is 15.2. The molecule has 0 radical (unpaired) electrons. The molecule has 1 atom stereocenters. The van der Waals surface area contributed by atoms with Crippen molar-refractivity contribution in [1.29, 1.82) is 0 Å². The van der Waals surface area contributed by atoms with Gasteiger partial charge in [0.15, 0.2) is 16.3 Å². The van der Waals surface area contributed by atoms with Gasteiger partial charge < -0.3 is 14.2 Å². The van der Waals surface area contributed by atoms with Crippen molar-refractivity contribution in [2.45, 2.75) is 53.2 Å². The van der Waals surface area contributed by atoms with E-state index in [1.54, 1.807) is 13.8 Å². The monoisotopic (exact) mass is 520 g/mol. The van der Waals surface area contributed by atoms with Crippen LogP contribution in [-0.4, -0.2) is 29.8 Å². The van der Waals surface area contributed by atoms with Crippen LogP contribution in [0.3, 0.4) is 0 Å². The van der Waals surface area contributed by atoms with Gasteiger partial charge >= 0.3 is 5.97 Å². The van der Waals surface area contributed by atoms with Gasteiger partial charge in [-0.2, -0.15) is 0 Å². The number of esters is 1. The zero-order chi connectivity index (χ0) is 26.4. The van der Waals surface area contributed by atoms with E-state index in [1.807, 2.05) is 68.5 Å². The lowest BCUT2D eigenvalue weighted by Gasteiger charge is -2.21. The van der Waals surface area contributed by atoms with Gasteiger partial charge in [0.25, 0.3) is 5.56 Å². The highest BCUT2D eigenvalue weighted by atomic mass is 32.1. The summed E-state index contributed by atoms with van der Waals surface area (Å²) in [4.78, 5) is 31.5. The summed E-state index contributed by atoms with van der Waals surface area (Å²) in [6.45, 7) is 8.71. The minimum absolute atomic E-state index is 0.208. The first kappa shape index (κ1) is 26.4. The highest BCUT2D eigenvalue weighted by Gasteiger charge is 2.29. The molecule has 0 fully saturated rings. The second-order valence-electron chi connectivity index (χ2n) is 8.60. The molecule has 0 bridgehead atoms. The maximum Gasteiger partial charge on any atom is 0.337 e. The zero-order valence-corrected chi connectivity index (χ0v) is 22.5. The summed E-state index contributed by atoms with van der Waals surface area (Å²) >= 11 is 1.32. The third-order valence-electron chi connectivity index (χ3n) is 5.99. The quantitative estimate of drug-likeness (QED) is 0.372. The van der Waals surface area contributed by atoms with Gasteiger partial charge in [-0.05, 0) is 56.5 Å². The molecule has 7 nitrogen and oxygen atoms in total. The van der Waals surface area contributed by atoms with Crippen molar-refractivity contribution >= 4 is 29.1 Å². The van der Waals surface area contributed by atoms with Crippen molar-refractivity contribution in [3.8, 4) is 11.5 Å². The van der Waals surface area contributed by atoms with Crippen LogP contribution in [0.4, 0.5) is 0 Å². The minimum atomic E-state index is -0.413. The van der Waals surface area contributed by atoms with Gasteiger partial charge in [-0.3, -0.25) is 9.36 Å². The molecule has 0 amide bonds. The standard InChI is InChI=1S/C29H32N2O5S/c1-5-11-22-26(28(33)35-7-3)19(4)31-27(32)25(37-29(31)30-22)17-21-14-15-23(24(16-21)34-6-2)36-18-20-12-9-8-10-13-20/h8-10,12-17,22H,5-7,11,18H2,1-4H3/b25-17-/t22-/m0/s1. The Bertz CT molecular complexity index is 1470. The zero-order valence-electron chi connectivity index (χ0n) is 21.7. The first-order chi connectivity index (χ1) is 18.0. The molecular weight excluding hydrogens is 488 g/mol. The van der Waals surface area contributed by atoms with Crippen LogP contribution in [0.15, 0.2) is 63.9 Å². The molecule has 1 aliphatic heterocycles. The van der Waals surface area contributed by atoms with Crippen molar-refractivity contribution in [2.75, 3.05) is 13.2 Å². The van der Waals surface area contributed by atoms with E-state index in [2.05, 4.69) is 0 Å². The molecule has 0 N–H and O–H groups in total. The number of aromatic nitrogens is 1. The second kappa shape index (κ2) is 12.1. The van der Waals surface area contributed by atoms with E-state index in [-0.39, 0.29) is 18.2 Å². The van der Waals surface area contributed by atoms with Gasteiger partial charge in [0.1, 0.15) is 6.61 Å². The van der Waals surface area contributed by atoms with Crippen molar-refractivity contribution in [3.63, 3.8) is 0 Å². The Morgan fingerprint density at radius 3 is 2.54 bits per heavy atom. The lowest BCUT2D eigenvalue weighted by Crippen LogP contribution is -2.37. The molecule has 0 saturated heterocycles. The number of carbonyl (C=O) groups excluding carboxylic acids is 1. The summed E-state index contributed by atoms with van der Waals surface area (Å²) in [6.07, 6.45) is 3.39. The fourth-order valence-electron chi connectivity index (χ4n) is 4.28. The van der Waals surface area contributed by atoms with Crippen LogP contribution in [0, 0.1) is 0 Å². The number of nitrogens with zero attached hydrogens (tertiary/aromatic N) is 2. The van der Waals surface area contributed by atoms with Gasteiger partial charge in [-0.1, -0.05) is 61.1 Å². The van der Waals surface area contributed by atoms with Gasteiger partial charge in [-0.15, -0.1) is 0 Å². The van der Waals surface area contributed by atoms with Crippen molar-refractivity contribution in [2.24, 2.45) is 4.99 Å². The lowest BCUT2D eigenvalue weighted by atomic mass is 10.00. The molecule has 2 heterocycles. The average molecular weight is 521 g/mol. The Balaban J connectivity index is 1.71. The molecule has 2 aromatic carbocycles. The smallest absolute Gasteiger partial charge is 0.337 e. The largest absolute Gasteiger partial charge is 0.490 e. The van der Waals surface area contributed by atoms with E-state index < -0.39 is 5.97 Å². The summed E-state index contributed by atoms with van der Waals surface area (Å²) < 4.78 is 19.2. The van der Waals surface area contributed by atoms with Crippen LogP contribution in [0.5, 0.6) is 11.5 Å². The third-order valence-corrected chi connectivity index (χ3v) is 6.97. The van der Waals surface area contributed by atoms with E-state index >= 15 is 0 Å². The van der Waals surface area contributed by atoms with Crippen LogP contribution in [0.2, 0.25) is 0 Å². The number of fused-ring (bicyclic) bond motifs is 1. The third kappa shape index (κ3) is 5.85. The number of benzene rings is 2. The van der Waals surface area contributed by atoms with Crippen LogP contribution in [0.25, 0.3) is 11.8 Å². The highest BCUT2D eigenvalue weighted by molar-refractivity contribution is 7.07. The maximum absolute atomic E-state index is 13.4. The Kier molecular flexibility index (Phi) is 8.61. The average Bonchev–Trinajstić information content (AvgIpc) is 3.19. The van der Waals surface area contributed by atoms with E-state index in [0.717, 1.165) is 17.5 Å². The van der Waals surface area contributed by atoms with Crippen LogP contribution < -0.4 is 24.4 Å². The number of allylic oxidation sites excluding steroid dienone is 1. The molecule has 0 saturated carbocycles. The Labute approximate surface area is 220 Å². The van der Waals surface area contributed by atoms with E-state index in [1.165, 1.54) is 15.9 Å².